The van der Waals surface area contributed by atoms with Gasteiger partial charge in [0.1, 0.15) is 0 Å². The third-order valence-corrected chi connectivity index (χ3v) is 3.05. The fourth-order valence-electron chi connectivity index (χ4n) is 1.78. The Balaban J connectivity index is 0.00000141. The summed E-state index contributed by atoms with van der Waals surface area (Å²) >= 11 is 0. The number of nitriles is 1. The molecule has 112 valence electrons. The Kier molecular flexibility index (Phi) is 9.02. The Morgan fingerprint density at radius 3 is 2.36 bits per heavy atom. The predicted molar refractivity (Wildman–Crippen MR) is 82.2 cm³/mol. The van der Waals surface area contributed by atoms with Gasteiger partial charge in [0.25, 0.3) is 0 Å². The van der Waals surface area contributed by atoms with Crippen molar-refractivity contribution in [3.8, 4) is 6.07 Å². The van der Waals surface area contributed by atoms with E-state index >= 15 is 0 Å². The number of benzene rings is 1. The molecule has 0 saturated carbocycles. The van der Waals surface area contributed by atoms with Gasteiger partial charge in [-0.25, -0.2) is 0 Å². The van der Waals surface area contributed by atoms with Crippen LogP contribution in [0.5, 0.6) is 0 Å². The monoisotopic (exact) mass is 519 g/mol. The van der Waals surface area contributed by atoms with Crippen molar-refractivity contribution in [2.45, 2.75) is 32.7 Å². The van der Waals surface area contributed by atoms with Crippen molar-refractivity contribution < 1.29 is 35.9 Å². The smallest absolute Gasteiger partial charge is 0.376 e. The third kappa shape index (κ3) is 5.45. The van der Waals surface area contributed by atoms with E-state index in [2.05, 4.69) is 18.1 Å². The summed E-state index contributed by atoms with van der Waals surface area (Å²) in [7, 11) is 0. The molecule has 1 aromatic heterocycles. The van der Waals surface area contributed by atoms with Gasteiger partial charge in [0.05, 0.1) is 24.3 Å². The second-order valence-electron chi connectivity index (χ2n) is 4.96. The van der Waals surface area contributed by atoms with E-state index in [0.717, 1.165) is 11.1 Å². The number of hydrogen-bond acceptors (Lipinski definition) is 3. The Hall–Kier alpha value is -1.36. The summed E-state index contributed by atoms with van der Waals surface area (Å²) in [6.07, 6.45) is 4.94. The molecule has 0 atom stereocenters. The van der Waals surface area contributed by atoms with Crippen LogP contribution in [-0.4, -0.2) is 16.1 Å². The van der Waals surface area contributed by atoms with Gasteiger partial charge in [-0.15, -0.1) is 5.56 Å². The molecule has 0 aliphatic rings. The van der Waals surface area contributed by atoms with Gasteiger partial charge in [-0.05, 0) is 25.0 Å². The molecule has 5 heteroatoms. The Bertz CT molecular complexity index is 624. The molecule has 2 rings (SSSR count). The molecular formula is C17H19N3OU. The van der Waals surface area contributed by atoms with E-state index in [-0.39, 0.29) is 31.1 Å². The average molecular weight is 519 g/mol. The van der Waals surface area contributed by atoms with Gasteiger partial charge >= 0.3 is 31.1 Å². The van der Waals surface area contributed by atoms with Gasteiger partial charge < -0.3 is 16.4 Å². The Morgan fingerprint density at radius 2 is 1.91 bits per heavy atom. The van der Waals surface area contributed by atoms with E-state index < -0.39 is 5.41 Å². The van der Waals surface area contributed by atoms with Crippen molar-refractivity contribution in [1.29, 1.82) is 5.26 Å². The second-order valence-corrected chi connectivity index (χ2v) is 4.96. The molecule has 0 aliphatic carbocycles. The van der Waals surface area contributed by atoms with Crippen LogP contribution >= 0.6 is 0 Å². The zero-order chi connectivity index (χ0) is 15.9. The molecule has 0 bridgehead atoms. The maximum absolute atomic E-state index is 10.5. The standard InChI is InChI=1S/C15H14N3O.C2H5.U/c1-15(2,11-16)14-5-3-12(4-6-14)8-18-9-13(10-19)7-17-18;1-2;/h3-7,9H,8H2,1-2H3;1H2,2H3;/q2*-1;+2. The van der Waals surface area contributed by atoms with Gasteiger partial charge in [0.2, 0.25) is 0 Å². The summed E-state index contributed by atoms with van der Waals surface area (Å²) in [5, 5.41) is 13.2. The molecule has 0 radical (unpaired) electrons. The number of hydrogen-bond donors (Lipinski definition) is 0. The molecule has 0 fully saturated rings. The summed E-state index contributed by atoms with van der Waals surface area (Å²) in [4.78, 5) is 10.5. The van der Waals surface area contributed by atoms with Crippen molar-refractivity contribution >= 4 is 6.29 Å². The average Bonchev–Trinajstić information content (AvgIpc) is 2.97. The molecule has 0 saturated heterocycles. The first kappa shape index (κ1) is 20.6. The zero-order valence-corrected chi connectivity index (χ0v) is 17.3. The largest absolute Gasteiger partial charge is 2.00 e. The van der Waals surface area contributed by atoms with E-state index in [9.17, 15) is 4.79 Å². The van der Waals surface area contributed by atoms with Gasteiger partial charge in [0.15, 0.2) is 0 Å². The SMILES string of the molecule is CC(C)(C#N)c1ccc(Cn2cc([C-]=O)cn2)cc1.[CH2-]C.[U+2]. The van der Waals surface area contributed by atoms with Crippen LogP contribution in [0.25, 0.3) is 0 Å². The topological polar surface area (TPSA) is 58.7 Å². The van der Waals surface area contributed by atoms with Crippen LogP contribution in [0.4, 0.5) is 0 Å². The van der Waals surface area contributed by atoms with Crippen LogP contribution in [-0.2, 0) is 16.8 Å². The van der Waals surface area contributed by atoms with Gasteiger partial charge in [-0.2, -0.15) is 12.2 Å². The number of rotatable bonds is 4. The summed E-state index contributed by atoms with van der Waals surface area (Å²) in [5.74, 6) is 0. The second kappa shape index (κ2) is 9.62. The zero-order valence-electron chi connectivity index (χ0n) is 13.1. The van der Waals surface area contributed by atoms with E-state index in [1.807, 2.05) is 38.1 Å². The first-order valence-corrected chi connectivity index (χ1v) is 6.67. The number of carbonyl (C=O) groups excluding carboxylic acids is 1. The number of aromatic nitrogens is 2. The Labute approximate surface area is 155 Å². The summed E-state index contributed by atoms with van der Waals surface area (Å²) in [6, 6.07) is 10.1. The normalized spacial score (nSPS) is 9.77. The van der Waals surface area contributed by atoms with Crippen molar-refractivity contribution in [2.24, 2.45) is 0 Å². The van der Waals surface area contributed by atoms with Crippen molar-refractivity contribution in [1.82, 2.24) is 9.78 Å². The fraction of sp³-hybridized carbons (Fsp3) is 0.294. The molecule has 0 aliphatic heterocycles. The van der Waals surface area contributed by atoms with Crippen LogP contribution < -0.4 is 0 Å². The van der Waals surface area contributed by atoms with Crippen molar-refractivity contribution in [3.05, 3.63) is 60.3 Å². The minimum Gasteiger partial charge on any atom is -0.376 e. The molecule has 22 heavy (non-hydrogen) atoms. The number of nitrogens with zero attached hydrogens (tertiary/aromatic N) is 3. The van der Waals surface area contributed by atoms with E-state index in [0.29, 0.717) is 12.1 Å². The van der Waals surface area contributed by atoms with Crippen LogP contribution in [0.1, 0.15) is 37.5 Å². The summed E-state index contributed by atoms with van der Waals surface area (Å²) < 4.78 is 1.69. The fourth-order valence-corrected chi connectivity index (χ4v) is 1.78. The molecule has 0 spiro atoms. The van der Waals surface area contributed by atoms with Gasteiger partial charge in [-0.3, -0.25) is 5.10 Å². The van der Waals surface area contributed by atoms with Crippen molar-refractivity contribution in [2.75, 3.05) is 0 Å². The molecule has 1 aromatic carbocycles. The van der Waals surface area contributed by atoms with E-state index in [1.165, 1.54) is 6.20 Å². The third-order valence-electron chi connectivity index (χ3n) is 3.05. The molecule has 0 amide bonds. The summed E-state index contributed by atoms with van der Waals surface area (Å²) in [5.41, 5.74) is 2.02. The minimum absolute atomic E-state index is 0. The minimum atomic E-state index is -0.482. The predicted octanol–water partition coefficient (Wildman–Crippen LogP) is 3.03. The molecule has 2 aromatic rings. The first-order chi connectivity index (χ1) is 10.0. The quantitative estimate of drug-likeness (QED) is 0.584. The molecule has 0 N–H and O–H groups in total. The van der Waals surface area contributed by atoms with Crippen LogP contribution in [0.3, 0.4) is 0 Å². The first-order valence-electron chi connectivity index (χ1n) is 6.67. The molecular weight excluding hydrogens is 500 g/mol. The van der Waals surface area contributed by atoms with Crippen LogP contribution in [0.2, 0.25) is 0 Å². The molecule has 4 nitrogen and oxygen atoms in total. The maximum atomic E-state index is 10.5. The van der Waals surface area contributed by atoms with Crippen LogP contribution in [0.15, 0.2) is 36.7 Å². The van der Waals surface area contributed by atoms with Gasteiger partial charge in [-0.1, -0.05) is 36.7 Å². The van der Waals surface area contributed by atoms with Gasteiger partial charge in [0, 0.05) is 0 Å². The van der Waals surface area contributed by atoms with Crippen LogP contribution in [0, 0.1) is 49.4 Å². The Morgan fingerprint density at radius 1 is 1.32 bits per heavy atom. The maximum Gasteiger partial charge on any atom is 2.00 e. The summed E-state index contributed by atoms with van der Waals surface area (Å²) in [6.45, 7) is 9.37. The van der Waals surface area contributed by atoms with Crippen molar-refractivity contribution in [3.63, 3.8) is 0 Å². The van der Waals surface area contributed by atoms with E-state index in [4.69, 9.17) is 5.26 Å². The van der Waals surface area contributed by atoms with E-state index in [1.54, 1.807) is 24.1 Å². The molecule has 1 heterocycles. The molecule has 0 unspecified atom stereocenters.